The van der Waals surface area contributed by atoms with E-state index in [0.717, 1.165) is 16.9 Å². The van der Waals surface area contributed by atoms with Gasteiger partial charge < -0.3 is 10.5 Å². The van der Waals surface area contributed by atoms with E-state index in [0.29, 0.717) is 4.99 Å². The summed E-state index contributed by atoms with van der Waals surface area (Å²) in [7, 11) is 0. The molecule has 3 heteroatoms. The van der Waals surface area contributed by atoms with E-state index < -0.39 is 0 Å². The summed E-state index contributed by atoms with van der Waals surface area (Å²) in [5, 5.41) is 0. The number of rotatable bonds is 3. The lowest BCUT2D eigenvalue weighted by Gasteiger charge is -2.11. The maximum atomic E-state index is 5.56. The third kappa shape index (κ3) is 2.70. The predicted molar refractivity (Wildman–Crippen MR) is 62.8 cm³/mol. The van der Waals surface area contributed by atoms with Crippen molar-refractivity contribution in [2.75, 3.05) is 0 Å². The molecule has 1 rings (SSSR count). The lowest BCUT2D eigenvalue weighted by molar-refractivity contribution is 0.242. The summed E-state index contributed by atoms with van der Waals surface area (Å²) >= 11 is 4.92. The summed E-state index contributed by atoms with van der Waals surface area (Å²) in [5.41, 5.74) is 7.52. The SMILES string of the molecule is Cc1cc(OC(C)C)ccc1C(N)=S. The third-order valence-electron chi connectivity index (χ3n) is 1.84. The number of benzene rings is 1. The van der Waals surface area contributed by atoms with Gasteiger partial charge in [-0.05, 0) is 44.5 Å². The third-order valence-corrected chi connectivity index (χ3v) is 2.06. The first-order valence-electron chi connectivity index (χ1n) is 4.58. The van der Waals surface area contributed by atoms with Gasteiger partial charge >= 0.3 is 0 Å². The second-order valence-electron chi connectivity index (χ2n) is 3.51. The summed E-state index contributed by atoms with van der Waals surface area (Å²) in [6.07, 6.45) is 0.185. The van der Waals surface area contributed by atoms with Crippen LogP contribution >= 0.6 is 12.2 Å². The van der Waals surface area contributed by atoms with E-state index >= 15 is 0 Å². The Morgan fingerprint density at radius 3 is 2.50 bits per heavy atom. The molecule has 0 unspecified atom stereocenters. The lowest BCUT2D eigenvalue weighted by Crippen LogP contribution is -2.12. The average Bonchev–Trinajstić information content (AvgIpc) is 2.01. The lowest BCUT2D eigenvalue weighted by atomic mass is 10.1. The predicted octanol–water partition coefficient (Wildman–Crippen LogP) is 2.42. The molecule has 0 fully saturated rings. The zero-order valence-corrected chi connectivity index (χ0v) is 9.52. The van der Waals surface area contributed by atoms with Crippen LogP contribution in [0, 0.1) is 6.92 Å². The zero-order chi connectivity index (χ0) is 10.7. The molecule has 2 N–H and O–H groups in total. The highest BCUT2D eigenvalue weighted by atomic mass is 32.1. The van der Waals surface area contributed by atoms with Crippen LogP contribution < -0.4 is 10.5 Å². The number of aryl methyl sites for hydroxylation is 1. The topological polar surface area (TPSA) is 35.2 Å². The molecule has 76 valence electrons. The van der Waals surface area contributed by atoms with Crippen molar-refractivity contribution in [2.24, 2.45) is 5.73 Å². The summed E-state index contributed by atoms with van der Waals surface area (Å²) in [4.78, 5) is 0.429. The van der Waals surface area contributed by atoms with Crippen molar-refractivity contribution in [3.63, 3.8) is 0 Å². The van der Waals surface area contributed by atoms with Gasteiger partial charge in [-0.3, -0.25) is 0 Å². The van der Waals surface area contributed by atoms with Crippen LogP contribution in [0.2, 0.25) is 0 Å². The molecule has 0 saturated heterocycles. The number of hydrogen-bond acceptors (Lipinski definition) is 2. The van der Waals surface area contributed by atoms with E-state index in [1.54, 1.807) is 0 Å². The van der Waals surface area contributed by atoms with Crippen LogP contribution in [0.15, 0.2) is 18.2 Å². The Labute approximate surface area is 90.1 Å². The van der Waals surface area contributed by atoms with Gasteiger partial charge in [-0.2, -0.15) is 0 Å². The molecule has 1 aromatic rings. The van der Waals surface area contributed by atoms with Crippen LogP contribution in [0.4, 0.5) is 0 Å². The minimum atomic E-state index is 0.185. The van der Waals surface area contributed by atoms with Gasteiger partial charge in [-0.15, -0.1) is 0 Å². The molecule has 2 nitrogen and oxygen atoms in total. The van der Waals surface area contributed by atoms with E-state index in [2.05, 4.69) is 0 Å². The molecule has 0 atom stereocenters. The minimum absolute atomic E-state index is 0.185. The molecule has 14 heavy (non-hydrogen) atoms. The Balaban J connectivity index is 2.94. The molecule has 0 bridgehead atoms. The second-order valence-corrected chi connectivity index (χ2v) is 3.95. The Morgan fingerprint density at radius 2 is 2.07 bits per heavy atom. The number of nitrogens with two attached hydrogens (primary N) is 1. The Hall–Kier alpha value is -1.09. The van der Waals surface area contributed by atoms with Crippen molar-refractivity contribution in [3.8, 4) is 5.75 Å². The molecule has 0 spiro atoms. The van der Waals surface area contributed by atoms with Gasteiger partial charge in [0.05, 0.1) is 6.10 Å². The van der Waals surface area contributed by atoms with Gasteiger partial charge in [-0.25, -0.2) is 0 Å². The van der Waals surface area contributed by atoms with Crippen LogP contribution in [0.25, 0.3) is 0 Å². The summed E-state index contributed by atoms with van der Waals surface area (Å²) in [6, 6.07) is 5.74. The van der Waals surface area contributed by atoms with Gasteiger partial charge in [-0.1, -0.05) is 12.2 Å². The highest BCUT2D eigenvalue weighted by Crippen LogP contribution is 2.18. The van der Waals surface area contributed by atoms with Crippen molar-refractivity contribution in [2.45, 2.75) is 26.9 Å². The molecule has 0 aliphatic carbocycles. The monoisotopic (exact) mass is 209 g/mol. The quantitative estimate of drug-likeness (QED) is 0.776. The standard InChI is InChI=1S/C11H15NOS/c1-7(2)13-9-4-5-10(11(12)14)8(3)6-9/h4-7H,1-3H3,(H2,12,14). The normalized spacial score (nSPS) is 10.3. The first-order valence-corrected chi connectivity index (χ1v) is 4.98. The first kappa shape index (κ1) is 11.0. The van der Waals surface area contributed by atoms with Crippen LogP contribution in [-0.2, 0) is 0 Å². The van der Waals surface area contributed by atoms with Gasteiger partial charge in [0, 0.05) is 5.56 Å². The largest absolute Gasteiger partial charge is 0.491 e. The van der Waals surface area contributed by atoms with Crippen molar-refractivity contribution in [1.82, 2.24) is 0 Å². The van der Waals surface area contributed by atoms with Crippen LogP contribution in [0.1, 0.15) is 25.0 Å². The summed E-state index contributed by atoms with van der Waals surface area (Å²) in [5.74, 6) is 0.859. The maximum absolute atomic E-state index is 5.56. The van der Waals surface area contributed by atoms with Crippen LogP contribution in [0.5, 0.6) is 5.75 Å². The van der Waals surface area contributed by atoms with E-state index in [4.69, 9.17) is 22.7 Å². The number of ether oxygens (including phenoxy) is 1. The van der Waals surface area contributed by atoms with E-state index in [9.17, 15) is 0 Å². The van der Waals surface area contributed by atoms with Crippen molar-refractivity contribution in [1.29, 1.82) is 0 Å². The molecule has 0 aliphatic heterocycles. The Kier molecular flexibility index (Phi) is 3.47. The van der Waals surface area contributed by atoms with Gasteiger partial charge in [0.25, 0.3) is 0 Å². The average molecular weight is 209 g/mol. The summed E-state index contributed by atoms with van der Waals surface area (Å²) in [6.45, 7) is 5.97. The molecule has 0 aliphatic rings. The maximum Gasteiger partial charge on any atom is 0.119 e. The fourth-order valence-corrected chi connectivity index (χ4v) is 1.49. The van der Waals surface area contributed by atoms with Crippen LogP contribution in [-0.4, -0.2) is 11.1 Å². The molecule has 1 aromatic carbocycles. The van der Waals surface area contributed by atoms with E-state index in [1.165, 1.54) is 0 Å². The van der Waals surface area contributed by atoms with Crippen molar-refractivity contribution >= 4 is 17.2 Å². The van der Waals surface area contributed by atoms with Crippen LogP contribution in [0.3, 0.4) is 0 Å². The minimum Gasteiger partial charge on any atom is -0.491 e. The Bertz CT molecular complexity index is 347. The molecular weight excluding hydrogens is 194 g/mol. The fourth-order valence-electron chi connectivity index (χ4n) is 1.26. The van der Waals surface area contributed by atoms with Crippen molar-refractivity contribution in [3.05, 3.63) is 29.3 Å². The zero-order valence-electron chi connectivity index (χ0n) is 8.70. The molecular formula is C11H15NOS. The number of hydrogen-bond donors (Lipinski definition) is 1. The van der Waals surface area contributed by atoms with Gasteiger partial charge in [0.1, 0.15) is 10.7 Å². The molecule has 0 aromatic heterocycles. The molecule has 0 amide bonds. The number of thiocarbonyl (C=S) groups is 1. The second kappa shape index (κ2) is 4.42. The van der Waals surface area contributed by atoms with Gasteiger partial charge in [0.15, 0.2) is 0 Å². The van der Waals surface area contributed by atoms with Crippen molar-refractivity contribution < 1.29 is 4.74 Å². The highest BCUT2D eigenvalue weighted by Gasteiger charge is 2.03. The first-order chi connectivity index (χ1) is 6.50. The van der Waals surface area contributed by atoms with E-state index in [1.807, 2.05) is 39.0 Å². The fraction of sp³-hybridized carbons (Fsp3) is 0.364. The highest BCUT2D eigenvalue weighted by molar-refractivity contribution is 7.80. The smallest absolute Gasteiger partial charge is 0.119 e. The molecule has 0 radical (unpaired) electrons. The van der Waals surface area contributed by atoms with E-state index in [-0.39, 0.29) is 6.10 Å². The molecule has 0 heterocycles. The molecule has 0 saturated carbocycles. The Morgan fingerprint density at radius 1 is 1.43 bits per heavy atom. The van der Waals surface area contributed by atoms with Gasteiger partial charge in [0.2, 0.25) is 0 Å². The summed E-state index contributed by atoms with van der Waals surface area (Å²) < 4.78 is 5.55.